The second-order valence-corrected chi connectivity index (χ2v) is 3.85. The van der Waals surface area contributed by atoms with Crippen molar-refractivity contribution in [2.75, 3.05) is 6.54 Å². The molecule has 1 fully saturated rings. The Morgan fingerprint density at radius 2 is 2.18 bits per heavy atom. The van der Waals surface area contributed by atoms with E-state index in [9.17, 15) is 0 Å². The van der Waals surface area contributed by atoms with Crippen LogP contribution in [0.1, 0.15) is 33.1 Å². The molecule has 2 nitrogen and oxygen atoms in total. The predicted octanol–water partition coefficient (Wildman–Crippen LogP) is 1.11. The molecule has 0 aromatic carbocycles. The van der Waals surface area contributed by atoms with E-state index in [1.807, 2.05) is 0 Å². The Balaban J connectivity index is 1.96. The van der Waals surface area contributed by atoms with Gasteiger partial charge in [-0.25, -0.2) is 0 Å². The van der Waals surface area contributed by atoms with Gasteiger partial charge in [-0.1, -0.05) is 13.8 Å². The Bertz CT molecular complexity index is 108. The summed E-state index contributed by atoms with van der Waals surface area (Å²) >= 11 is 0. The minimum Gasteiger partial charge on any atom is -0.327 e. The van der Waals surface area contributed by atoms with E-state index >= 15 is 0 Å². The van der Waals surface area contributed by atoms with Crippen LogP contribution < -0.4 is 11.1 Å². The SMILES string of the molecule is CCC(N)CNC1CC(C)C1. The Morgan fingerprint density at radius 1 is 1.55 bits per heavy atom. The molecule has 0 heterocycles. The monoisotopic (exact) mass is 156 g/mol. The molecule has 1 aliphatic carbocycles. The summed E-state index contributed by atoms with van der Waals surface area (Å²) in [5.41, 5.74) is 5.77. The molecule has 0 spiro atoms. The number of nitrogens with two attached hydrogens (primary N) is 1. The van der Waals surface area contributed by atoms with Gasteiger partial charge < -0.3 is 11.1 Å². The summed E-state index contributed by atoms with van der Waals surface area (Å²) in [5, 5.41) is 3.48. The first-order chi connectivity index (χ1) is 5.22. The molecule has 1 rings (SSSR count). The van der Waals surface area contributed by atoms with Crippen LogP contribution in [0.3, 0.4) is 0 Å². The first kappa shape index (κ1) is 9.01. The third-order valence-corrected chi connectivity index (χ3v) is 2.57. The lowest BCUT2D eigenvalue weighted by Crippen LogP contribution is -2.45. The van der Waals surface area contributed by atoms with Crippen molar-refractivity contribution in [1.82, 2.24) is 5.32 Å². The Hall–Kier alpha value is -0.0800. The number of rotatable bonds is 4. The van der Waals surface area contributed by atoms with Crippen LogP contribution in [0.25, 0.3) is 0 Å². The van der Waals surface area contributed by atoms with Gasteiger partial charge >= 0.3 is 0 Å². The van der Waals surface area contributed by atoms with Gasteiger partial charge in [-0.2, -0.15) is 0 Å². The highest BCUT2D eigenvalue weighted by Crippen LogP contribution is 2.25. The molecule has 1 aliphatic rings. The van der Waals surface area contributed by atoms with Gasteiger partial charge in [0.05, 0.1) is 0 Å². The second-order valence-electron chi connectivity index (χ2n) is 3.85. The van der Waals surface area contributed by atoms with Crippen molar-refractivity contribution in [1.29, 1.82) is 0 Å². The molecule has 1 unspecified atom stereocenters. The van der Waals surface area contributed by atoms with Crippen molar-refractivity contribution in [3.8, 4) is 0 Å². The molecule has 0 amide bonds. The second kappa shape index (κ2) is 4.07. The van der Waals surface area contributed by atoms with Crippen LogP contribution in [0.15, 0.2) is 0 Å². The standard InChI is InChI=1S/C9H20N2/c1-3-8(10)6-11-9-4-7(2)5-9/h7-9,11H,3-6,10H2,1-2H3. The first-order valence-corrected chi connectivity index (χ1v) is 4.71. The maximum absolute atomic E-state index is 5.77. The third kappa shape index (κ3) is 2.80. The van der Waals surface area contributed by atoms with Crippen molar-refractivity contribution in [3.05, 3.63) is 0 Å². The predicted molar refractivity (Wildman–Crippen MR) is 48.5 cm³/mol. The van der Waals surface area contributed by atoms with Crippen molar-refractivity contribution in [2.45, 2.75) is 45.2 Å². The van der Waals surface area contributed by atoms with E-state index in [1.54, 1.807) is 0 Å². The molecule has 2 heteroatoms. The average molecular weight is 156 g/mol. The molecular weight excluding hydrogens is 136 g/mol. The normalized spacial score (nSPS) is 33.0. The van der Waals surface area contributed by atoms with E-state index in [0.717, 1.165) is 24.9 Å². The summed E-state index contributed by atoms with van der Waals surface area (Å²) in [6, 6.07) is 1.12. The van der Waals surface area contributed by atoms with E-state index in [1.165, 1.54) is 12.8 Å². The van der Waals surface area contributed by atoms with Crippen LogP contribution in [-0.2, 0) is 0 Å². The van der Waals surface area contributed by atoms with E-state index in [4.69, 9.17) is 5.73 Å². The fraction of sp³-hybridized carbons (Fsp3) is 1.00. The zero-order chi connectivity index (χ0) is 8.27. The molecule has 3 N–H and O–H groups in total. The van der Waals surface area contributed by atoms with Crippen LogP contribution >= 0.6 is 0 Å². The van der Waals surface area contributed by atoms with Gasteiger partial charge in [0.1, 0.15) is 0 Å². The van der Waals surface area contributed by atoms with Gasteiger partial charge in [0.15, 0.2) is 0 Å². The molecule has 0 saturated heterocycles. The molecule has 1 saturated carbocycles. The van der Waals surface area contributed by atoms with Gasteiger partial charge in [0, 0.05) is 18.6 Å². The fourth-order valence-corrected chi connectivity index (χ4v) is 1.53. The lowest BCUT2D eigenvalue weighted by atomic mass is 9.82. The highest BCUT2D eigenvalue weighted by Gasteiger charge is 2.24. The largest absolute Gasteiger partial charge is 0.327 e. The van der Waals surface area contributed by atoms with Gasteiger partial charge in [-0.3, -0.25) is 0 Å². The third-order valence-electron chi connectivity index (χ3n) is 2.57. The van der Waals surface area contributed by atoms with Gasteiger partial charge in [-0.15, -0.1) is 0 Å². The van der Waals surface area contributed by atoms with Crippen LogP contribution in [0.2, 0.25) is 0 Å². The number of nitrogens with one attached hydrogen (secondary N) is 1. The summed E-state index contributed by atoms with van der Waals surface area (Å²) in [6.07, 6.45) is 3.77. The fourth-order valence-electron chi connectivity index (χ4n) is 1.53. The van der Waals surface area contributed by atoms with Crippen LogP contribution in [0, 0.1) is 5.92 Å². The smallest absolute Gasteiger partial charge is 0.0162 e. The Morgan fingerprint density at radius 3 is 2.64 bits per heavy atom. The van der Waals surface area contributed by atoms with Crippen LogP contribution in [-0.4, -0.2) is 18.6 Å². The minimum absolute atomic E-state index is 0.353. The van der Waals surface area contributed by atoms with E-state index in [2.05, 4.69) is 19.2 Å². The molecule has 0 aromatic rings. The minimum atomic E-state index is 0.353. The summed E-state index contributed by atoms with van der Waals surface area (Å²) < 4.78 is 0. The summed E-state index contributed by atoms with van der Waals surface area (Å²) in [4.78, 5) is 0. The molecule has 0 aliphatic heterocycles. The topological polar surface area (TPSA) is 38.0 Å². The Kier molecular flexibility index (Phi) is 3.34. The molecule has 0 bridgehead atoms. The molecule has 11 heavy (non-hydrogen) atoms. The quantitative estimate of drug-likeness (QED) is 0.640. The van der Waals surface area contributed by atoms with Crippen molar-refractivity contribution in [3.63, 3.8) is 0 Å². The first-order valence-electron chi connectivity index (χ1n) is 4.71. The zero-order valence-electron chi connectivity index (χ0n) is 7.64. The number of hydrogen-bond donors (Lipinski definition) is 2. The average Bonchev–Trinajstić information content (AvgIpc) is 1.95. The Labute approximate surface area is 69.5 Å². The highest BCUT2D eigenvalue weighted by atomic mass is 15.0. The van der Waals surface area contributed by atoms with Crippen LogP contribution in [0.4, 0.5) is 0 Å². The van der Waals surface area contributed by atoms with E-state index in [-0.39, 0.29) is 0 Å². The van der Waals surface area contributed by atoms with Crippen molar-refractivity contribution < 1.29 is 0 Å². The van der Waals surface area contributed by atoms with Gasteiger partial charge in [0.2, 0.25) is 0 Å². The molecule has 0 aromatic heterocycles. The number of hydrogen-bond acceptors (Lipinski definition) is 2. The molecule has 66 valence electrons. The van der Waals surface area contributed by atoms with E-state index < -0.39 is 0 Å². The maximum atomic E-state index is 5.77. The summed E-state index contributed by atoms with van der Waals surface area (Å²) in [7, 11) is 0. The lowest BCUT2D eigenvalue weighted by Gasteiger charge is -2.34. The molecular formula is C9H20N2. The van der Waals surface area contributed by atoms with Crippen molar-refractivity contribution >= 4 is 0 Å². The van der Waals surface area contributed by atoms with E-state index in [0.29, 0.717) is 6.04 Å². The van der Waals surface area contributed by atoms with Gasteiger partial charge in [0.25, 0.3) is 0 Å². The van der Waals surface area contributed by atoms with Gasteiger partial charge in [-0.05, 0) is 25.2 Å². The van der Waals surface area contributed by atoms with Crippen molar-refractivity contribution in [2.24, 2.45) is 11.7 Å². The lowest BCUT2D eigenvalue weighted by molar-refractivity contribution is 0.238. The van der Waals surface area contributed by atoms with Crippen LogP contribution in [0.5, 0.6) is 0 Å². The summed E-state index contributed by atoms with van der Waals surface area (Å²) in [5.74, 6) is 0.936. The highest BCUT2D eigenvalue weighted by molar-refractivity contribution is 4.83. The summed E-state index contributed by atoms with van der Waals surface area (Å²) in [6.45, 7) is 5.43. The zero-order valence-corrected chi connectivity index (χ0v) is 7.64. The molecule has 1 atom stereocenters. The molecule has 0 radical (unpaired) electrons. The maximum Gasteiger partial charge on any atom is 0.0162 e.